The fourth-order valence-corrected chi connectivity index (χ4v) is 3.54. The molecule has 0 aromatic heterocycles. The molecule has 1 amide bonds. The highest BCUT2D eigenvalue weighted by molar-refractivity contribution is 7.88. The van der Waals surface area contributed by atoms with Crippen LogP contribution in [0.3, 0.4) is 0 Å². The van der Waals surface area contributed by atoms with Crippen LogP contribution >= 0.6 is 0 Å². The number of carbonyl (C=O) groups is 1. The van der Waals surface area contributed by atoms with E-state index in [2.05, 4.69) is 0 Å². The Morgan fingerprint density at radius 1 is 0.962 bits per heavy atom. The van der Waals surface area contributed by atoms with Crippen molar-refractivity contribution >= 4 is 15.9 Å². The third kappa shape index (κ3) is 6.28. The zero-order chi connectivity index (χ0) is 19.2. The van der Waals surface area contributed by atoms with Crippen LogP contribution in [0.5, 0.6) is 0 Å². The molecule has 2 aromatic carbocycles. The van der Waals surface area contributed by atoms with E-state index in [0.29, 0.717) is 6.54 Å². The number of nitrogens with zero attached hydrogens (tertiary/aromatic N) is 2. The van der Waals surface area contributed by atoms with E-state index in [1.807, 2.05) is 61.5 Å². The summed E-state index contributed by atoms with van der Waals surface area (Å²) in [6, 6.07) is 17.5. The Balaban J connectivity index is 1.97. The van der Waals surface area contributed by atoms with E-state index in [-0.39, 0.29) is 25.4 Å². The summed E-state index contributed by atoms with van der Waals surface area (Å²) < 4.78 is 25.5. The van der Waals surface area contributed by atoms with Gasteiger partial charge in [0.2, 0.25) is 15.9 Å². The van der Waals surface area contributed by atoms with Gasteiger partial charge in [0.1, 0.15) is 0 Å². The maximum Gasteiger partial charge on any atom is 0.223 e. The molecule has 0 fully saturated rings. The van der Waals surface area contributed by atoms with Gasteiger partial charge in [-0.15, -0.1) is 0 Å². The maximum atomic E-state index is 12.4. The molecule has 0 aliphatic heterocycles. The quantitative estimate of drug-likeness (QED) is 0.714. The van der Waals surface area contributed by atoms with Crippen molar-refractivity contribution in [1.29, 1.82) is 0 Å². The van der Waals surface area contributed by atoms with Gasteiger partial charge in [0, 0.05) is 33.1 Å². The molecule has 140 valence electrons. The second kappa shape index (κ2) is 8.96. The number of amides is 1. The normalized spacial score (nSPS) is 11.5. The van der Waals surface area contributed by atoms with Crippen molar-refractivity contribution in [2.75, 3.05) is 19.8 Å². The lowest BCUT2D eigenvalue weighted by Crippen LogP contribution is -2.34. The first-order valence-corrected chi connectivity index (χ1v) is 10.4. The molecule has 0 radical (unpaired) electrons. The summed E-state index contributed by atoms with van der Waals surface area (Å²) in [4.78, 5) is 14.0. The van der Waals surface area contributed by atoms with Crippen LogP contribution in [0, 0.1) is 6.92 Å². The molecule has 0 saturated carbocycles. The van der Waals surface area contributed by atoms with Gasteiger partial charge in [-0.1, -0.05) is 60.2 Å². The van der Waals surface area contributed by atoms with Gasteiger partial charge >= 0.3 is 0 Å². The zero-order valence-electron chi connectivity index (χ0n) is 15.6. The molecule has 0 heterocycles. The summed E-state index contributed by atoms with van der Waals surface area (Å²) in [6.45, 7) is 2.92. The first kappa shape index (κ1) is 20.1. The first-order chi connectivity index (χ1) is 12.3. The van der Waals surface area contributed by atoms with Gasteiger partial charge in [-0.25, -0.2) is 8.42 Å². The molecule has 6 heteroatoms. The van der Waals surface area contributed by atoms with Crippen LogP contribution in [0.1, 0.15) is 23.1 Å². The van der Waals surface area contributed by atoms with E-state index in [4.69, 9.17) is 0 Å². The first-order valence-electron chi connectivity index (χ1n) is 8.54. The Morgan fingerprint density at radius 3 is 2.23 bits per heavy atom. The highest BCUT2D eigenvalue weighted by Gasteiger charge is 2.19. The van der Waals surface area contributed by atoms with Crippen LogP contribution in [0.2, 0.25) is 0 Å². The van der Waals surface area contributed by atoms with E-state index >= 15 is 0 Å². The Labute approximate surface area is 156 Å². The molecule has 0 N–H and O–H groups in total. The van der Waals surface area contributed by atoms with Gasteiger partial charge in [-0.2, -0.15) is 4.31 Å². The second-order valence-electron chi connectivity index (χ2n) is 6.57. The third-order valence-corrected chi connectivity index (χ3v) is 5.42. The molecule has 26 heavy (non-hydrogen) atoms. The van der Waals surface area contributed by atoms with E-state index in [9.17, 15) is 13.2 Å². The summed E-state index contributed by atoms with van der Waals surface area (Å²) in [6.07, 6.45) is 1.34. The monoisotopic (exact) mass is 374 g/mol. The van der Waals surface area contributed by atoms with E-state index in [0.717, 1.165) is 16.7 Å². The zero-order valence-corrected chi connectivity index (χ0v) is 16.4. The van der Waals surface area contributed by atoms with Crippen LogP contribution in [0.15, 0.2) is 54.6 Å². The molecular weight excluding hydrogens is 348 g/mol. The van der Waals surface area contributed by atoms with Crippen molar-refractivity contribution in [2.24, 2.45) is 0 Å². The van der Waals surface area contributed by atoms with Gasteiger partial charge in [0.15, 0.2) is 0 Å². The van der Waals surface area contributed by atoms with Gasteiger partial charge in [0.25, 0.3) is 0 Å². The van der Waals surface area contributed by atoms with Crippen molar-refractivity contribution in [3.05, 3.63) is 71.3 Å². The van der Waals surface area contributed by atoms with Crippen molar-refractivity contribution in [3.8, 4) is 0 Å². The average molecular weight is 375 g/mol. The van der Waals surface area contributed by atoms with Crippen LogP contribution < -0.4 is 0 Å². The topological polar surface area (TPSA) is 57.7 Å². The van der Waals surface area contributed by atoms with Gasteiger partial charge in [0.05, 0.1) is 6.26 Å². The van der Waals surface area contributed by atoms with Crippen molar-refractivity contribution in [3.63, 3.8) is 0 Å². The summed E-state index contributed by atoms with van der Waals surface area (Å²) in [5.74, 6) is -0.0771. The number of aryl methyl sites for hydroxylation is 1. The Kier molecular flexibility index (Phi) is 6.94. The van der Waals surface area contributed by atoms with Crippen LogP contribution in [-0.2, 0) is 27.9 Å². The second-order valence-corrected chi connectivity index (χ2v) is 8.55. The fourth-order valence-electron chi connectivity index (χ4n) is 2.73. The molecule has 2 rings (SSSR count). The molecule has 2 aromatic rings. The molecule has 0 spiro atoms. The molecule has 0 atom stereocenters. The number of hydrogen-bond acceptors (Lipinski definition) is 3. The molecule has 0 unspecified atom stereocenters. The van der Waals surface area contributed by atoms with Crippen LogP contribution in [-0.4, -0.2) is 43.4 Å². The fraction of sp³-hybridized carbons (Fsp3) is 0.350. The smallest absolute Gasteiger partial charge is 0.223 e. The van der Waals surface area contributed by atoms with Crippen LogP contribution in [0.25, 0.3) is 0 Å². The SMILES string of the molecule is Cc1cccc(CN(CCC(=O)N(C)Cc2ccccc2)S(C)(=O)=O)c1. The summed E-state index contributed by atoms with van der Waals surface area (Å²) in [7, 11) is -1.66. The minimum absolute atomic E-state index is 0.0771. The molecular formula is C20H26N2O3S. The number of carbonyl (C=O) groups excluding carboxylic acids is 1. The van der Waals surface area contributed by atoms with E-state index in [1.54, 1.807) is 11.9 Å². The van der Waals surface area contributed by atoms with E-state index in [1.165, 1.54) is 10.6 Å². The minimum Gasteiger partial charge on any atom is -0.341 e. The van der Waals surface area contributed by atoms with Gasteiger partial charge < -0.3 is 4.90 Å². The summed E-state index contributed by atoms with van der Waals surface area (Å²) in [5.41, 5.74) is 3.04. The lowest BCUT2D eigenvalue weighted by Gasteiger charge is -2.22. The molecule has 0 aliphatic rings. The number of hydrogen-bond donors (Lipinski definition) is 0. The summed E-state index contributed by atoms with van der Waals surface area (Å²) >= 11 is 0. The number of rotatable bonds is 8. The van der Waals surface area contributed by atoms with Gasteiger partial charge in [-0.05, 0) is 18.1 Å². The predicted molar refractivity (Wildman–Crippen MR) is 104 cm³/mol. The highest BCUT2D eigenvalue weighted by Crippen LogP contribution is 2.12. The van der Waals surface area contributed by atoms with E-state index < -0.39 is 10.0 Å². The minimum atomic E-state index is -3.39. The third-order valence-electron chi connectivity index (χ3n) is 4.17. The van der Waals surface area contributed by atoms with Crippen molar-refractivity contribution in [1.82, 2.24) is 9.21 Å². The highest BCUT2D eigenvalue weighted by atomic mass is 32.2. The predicted octanol–water partition coefficient (Wildman–Crippen LogP) is 2.81. The molecule has 5 nitrogen and oxygen atoms in total. The standard InChI is InChI=1S/C20H26N2O3S/c1-17-8-7-11-19(14-17)16-22(26(3,24)25)13-12-20(23)21(2)15-18-9-5-4-6-10-18/h4-11,14H,12-13,15-16H2,1-3H3. The number of benzene rings is 2. The summed E-state index contributed by atoms with van der Waals surface area (Å²) in [5, 5.41) is 0. The van der Waals surface area contributed by atoms with Crippen molar-refractivity contribution in [2.45, 2.75) is 26.4 Å². The molecule has 0 aliphatic carbocycles. The Hall–Kier alpha value is -2.18. The Morgan fingerprint density at radius 2 is 1.62 bits per heavy atom. The average Bonchev–Trinajstić information content (AvgIpc) is 2.58. The van der Waals surface area contributed by atoms with Crippen LogP contribution in [0.4, 0.5) is 0 Å². The molecule has 0 bridgehead atoms. The lowest BCUT2D eigenvalue weighted by molar-refractivity contribution is -0.130. The Bertz CT molecular complexity index is 835. The maximum absolute atomic E-state index is 12.4. The molecule has 0 saturated heterocycles. The largest absolute Gasteiger partial charge is 0.341 e. The van der Waals surface area contributed by atoms with Crippen molar-refractivity contribution < 1.29 is 13.2 Å². The van der Waals surface area contributed by atoms with Gasteiger partial charge in [-0.3, -0.25) is 4.79 Å². The lowest BCUT2D eigenvalue weighted by atomic mass is 10.1. The number of sulfonamides is 1.